The molecule has 0 aliphatic heterocycles. The van der Waals surface area contributed by atoms with Crippen molar-refractivity contribution in [2.24, 2.45) is 5.92 Å². The van der Waals surface area contributed by atoms with Gasteiger partial charge in [-0.25, -0.2) is 0 Å². The van der Waals surface area contributed by atoms with Crippen molar-refractivity contribution in [3.05, 3.63) is 39.4 Å². The van der Waals surface area contributed by atoms with Gasteiger partial charge in [0.1, 0.15) is 0 Å². The monoisotopic (exact) mass is 232 g/mol. The fraction of sp³-hybridized carbons (Fsp3) is 0.417. The van der Waals surface area contributed by atoms with Crippen molar-refractivity contribution in [2.75, 3.05) is 0 Å². The third-order valence-electron chi connectivity index (χ3n) is 3.02. The molecule has 1 aliphatic carbocycles. The van der Waals surface area contributed by atoms with Gasteiger partial charge in [-0.2, -0.15) is 5.26 Å². The van der Waals surface area contributed by atoms with E-state index in [0.717, 1.165) is 12.8 Å². The molecule has 1 aromatic rings. The Labute approximate surface area is 98.5 Å². The van der Waals surface area contributed by atoms with E-state index in [2.05, 4.69) is 0 Å². The maximum atomic E-state index is 10.6. The van der Waals surface area contributed by atoms with E-state index in [0.29, 0.717) is 17.9 Å². The minimum Gasteiger partial charge on any atom is -0.392 e. The zero-order chi connectivity index (χ0) is 12.4. The Morgan fingerprint density at radius 1 is 1.59 bits per heavy atom. The first-order valence-electron chi connectivity index (χ1n) is 5.47. The number of benzene rings is 1. The number of nitriles is 1. The molecule has 0 spiro atoms. The molecule has 1 aliphatic rings. The lowest BCUT2D eigenvalue weighted by Crippen LogP contribution is -2.13. The van der Waals surface area contributed by atoms with Crippen molar-refractivity contribution < 1.29 is 10.0 Å². The van der Waals surface area contributed by atoms with Gasteiger partial charge in [0.2, 0.25) is 0 Å². The van der Waals surface area contributed by atoms with E-state index in [9.17, 15) is 15.2 Å². The SMILES string of the molecule is N#Cc1cc([N+](=O)[O-])ccc1CC(O)C1CC1. The summed E-state index contributed by atoms with van der Waals surface area (Å²) in [6, 6.07) is 6.13. The largest absolute Gasteiger partial charge is 0.392 e. The number of rotatable bonds is 4. The molecular formula is C12H12N2O3. The average Bonchev–Trinajstić information content (AvgIpc) is 3.13. The highest BCUT2D eigenvalue weighted by Crippen LogP contribution is 2.34. The lowest BCUT2D eigenvalue weighted by molar-refractivity contribution is -0.384. The number of nitrogens with zero attached hydrogens (tertiary/aromatic N) is 2. The lowest BCUT2D eigenvalue weighted by Gasteiger charge is -2.10. The molecule has 2 rings (SSSR count). The number of non-ortho nitro benzene ring substituents is 1. The van der Waals surface area contributed by atoms with Crippen LogP contribution in [-0.4, -0.2) is 16.1 Å². The van der Waals surface area contributed by atoms with E-state index < -0.39 is 11.0 Å². The zero-order valence-corrected chi connectivity index (χ0v) is 9.17. The highest BCUT2D eigenvalue weighted by molar-refractivity contribution is 5.46. The molecule has 0 bridgehead atoms. The van der Waals surface area contributed by atoms with Crippen molar-refractivity contribution in [3.8, 4) is 6.07 Å². The highest BCUT2D eigenvalue weighted by Gasteiger charge is 2.30. The van der Waals surface area contributed by atoms with Crippen LogP contribution in [0.4, 0.5) is 5.69 Å². The van der Waals surface area contributed by atoms with Gasteiger partial charge in [-0.15, -0.1) is 0 Å². The van der Waals surface area contributed by atoms with E-state index in [1.807, 2.05) is 6.07 Å². The summed E-state index contributed by atoms with van der Waals surface area (Å²) in [6.07, 6.45) is 2.00. The maximum absolute atomic E-state index is 10.6. The molecule has 0 amide bonds. The van der Waals surface area contributed by atoms with E-state index in [4.69, 9.17) is 5.26 Å². The minimum atomic E-state index is -0.526. The Balaban J connectivity index is 2.21. The molecule has 0 radical (unpaired) electrons. The second kappa shape index (κ2) is 4.52. The van der Waals surface area contributed by atoms with Gasteiger partial charge >= 0.3 is 0 Å². The molecule has 1 unspecified atom stereocenters. The summed E-state index contributed by atoms with van der Waals surface area (Å²) in [5.41, 5.74) is 0.864. The van der Waals surface area contributed by atoms with E-state index in [1.165, 1.54) is 12.1 Å². The topological polar surface area (TPSA) is 87.2 Å². The Morgan fingerprint density at radius 3 is 2.82 bits per heavy atom. The Hall–Kier alpha value is -1.93. The summed E-state index contributed by atoms with van der Waals surface area (Å²) >= 11 is 0. The van der Waals surface area contributed by atoms with Crippen LogP contribution in [0.5, 0.6) is 0 Å². The number of aliphatic hydroxyl groups is 1. The predicted octanol–water partition coefficient (Wildman–Crippen LogP) is 1.78. The fourth-order valence-electron chi connectivity index (χ4n) is 1.83. The Morgan fingerprint density at radius 2 is 2.29 bits per heavy atom. The van der Waals surface area contributed by atoms with Gasteiger partial charge in [0, 0.05) is 12.1 Å². The fourth-order valence-corrected chi connectivity index (χ4v) is 1.83. The van der Waals surface area contributed by atoms with Crippen LogP contribution < -0.4 is 0 Å². The average molecular weight is 232 g/mol. The van der Waals surface area contributed by atoms with Crippen molar-refractivity contribution >= 4 is 5.69 Å². The van der Waals surface area contributed by atoms with Crippen LogP contribution in [0.15, 0.2) is 18.2 Å². The number of hydrogen-bond acceptors (Lipinski definition) is 4. The normalized spacial score (nSPS) is 16.2. The summed E-state index contributed by atoms with van der Waals surface area (Å²) in [4.78, 5) is 10.0. The van der Waals surface area contributed by atoms with Gasteiger partial charge in [-0.3, -0.25) is 10.1 Å². The zero-order valence-electron chi connectivity index (χ0n) is 9.17. The van der Waals surface area contributed by atoms with Crippen LogP contribution in [0.1, 0.15) is 24.0 Å². The highest BCUT2D eigenvalue weighted by atomic mass is 16.6. The standard InChI is InChI=1S/C12H12N2O3/c13-7-10-5-11(14(16)17)4-3-9(10)6-12(15)8-1-2-8/h3-5,8,12,15H,1-2,6H2. The predicted molar refractivity (Wildman–Crippen MR) is 60.2 cm³/mol. The van der Waals surface area contributed by atoms with E-state index >= 15 is 0 Å². The molecule has 0 aromatic heterocycles. The van der Waals surface area contributed by atoms with Crippen molar-refractivity contribution in [3.63, 3.8) is 0 Å². The third kappa shape index (κ3) is 2.60. The second-order valence-corrected chi connectivity index (χ2v) is 4.32. The van der Waals surface area contributed by atoms with Gasteiger partial charge in [0.05, 0.1) is 22.7 Å². The molecule has 1 aromatic carbocycles. The number of nitro benzene ring substituents is 1. The molecule has 1 saturated carbocycles. The van der Waals surface area contributed by atoms with Gasteiger partial charge in [-0.1, -0.05) is 6.07 Å². The van der Waals surface area contributed by atoms with Crippen molar-refractivity contribution in [1.29, 1.82) is 5.26 Å². The Bertz CT molecular complexity index is 489. The van der Waals surface area contributed by atoms with Crippen LogP contribution in [0, 0.1) is 27.4 Å². The molecule has 5 heteroatoms. The molecule has 88 valence electrons. The summed E-state index contributed by atoms with van der Waals surface area (Å²) < 4.78 is 0. The molecule has 5 nitrogen and oxygen atoms in total. The lowest BCUT2D eigenvalue weighted by atomic mass is 9.99. The van der Waals surface area contributed by atoms with E-state index in [1.54, 1.807) is 6.07 Å². The van der Waals surface area contributed by atoms with Crippen LogP contribution in [-0.2, 0) is 6.42 Å². The Kier molecular flexibility index (Phi) is 3.07. The molecular weight excluding hydrogens is 220 g/mol. The maximum Gasteiger partial charge on any atom is 0.270 e. The molecule has 1 fully saturated rings. The number of hydrogen-bond donors (Lipinski definition) is 1. The summed E-state index contributed by atoms with van der Waals surface area (Å²) in [6.45, 7) is 0. The first-order chi connectivity index (χ1) is 8.11. The number of nitro groups is 1. The smallest absolute Gasteiger partial charge is 0.270 e. The second-order valence-electron chi connectivity index (χ2n) is 4.32. The van der Waals surface area contributed by atoms with Crippen LogP contribution in [0.3, 0.4) is 0 Å². The van der Waals surface area contributed by atoms with Crippen molar-refractivity contribution in [1.82, 2.24) is 0 Å². The molecule has 0 saturated heterocycles. The first kappa shape index (κ1) is 11.6. The molecule has 17 heavy (non-hydrogen) atoms. The van der Waals surface area contributed by atoms with Crippen LogP contribution >= 0.6 is 0 Å². The number of aliphatic hydroxyl groups excluding tert-OH is 1. The minimum absolute atomic E-state index is 0.0915. The summed E-state index contributed by atoms with van der Waals surface area (Å²) in [5, 5.41) is 29.3. The first-order valence-corrected chi connectivity index (χ1v) is 5.47. The molecule has 0 heterocycles. The van der Waals surface area contributed by atoms with Gasteiger partial charge in [0.15, 0.2) is 0 Å². The third-order valence-corrected chi connectivity index (χ3v) is 3.02. The van der Waals surface area contributed by atoms with Gasteiger partial charge in [0.25, 0.3) is 5.69 Å². The van der Waals surface area contributed by atoms with E-state index in [-0.39, 0.29) is 11.3 Å². The quantitative estimate of drug-likeness (QED) is 0.633. The van der Waals surface area contributed by atoms with Gasteiger partial charge in [-0.05, 0) is 30.7 Å². The summed E-state index contributed by atoms with van der Waals surface area (Å²) in [5.74, 6) is 0.330. The molecule has 1 atom stereocenters. The van der Waals surface area contributed by atoms with Crippen molar-refractivity contribution in [2.45, 2.75) is 25.4 Å². The molecule has 1 N–H and O–H groups in total. The van der Waals surface area contributed by atoms with Crippen LogP contribution in [0.25, 0.3) is 0 Å². The van der Waals surface area contributed by atoms with Crippen LogP contribution in [0.2, 0.25) is 0 Å². The summed E-state index contributed by atoms with van der Waals surface area (Å²) in [7, 11) is 0. The van der Waals surface area contributed by atoms with Gasteiger partial charge < -0.3 is 5.11 Å².